The molecule has 5 heteroatoms. The largest absolute Gasteiger partial charge is 0.658 e. The first-order valence-corrected chi connectivity index (χ1v) is 7.72. The molecule has 0 N–H and O–H groups in total. The zero-order valence-corrected chi connectivity index (χ0v) is 14.0. The maximum absolute atomic E-state index is 5.70. The van der Waals surface area contributed by atoms with E-state index in [9.17, 15) is 0 Å². The maximum Gasteiger partial charge on any atom is 0.658 e. The van der Waals surface area contributed by atoms with Crippen LogP contribution in [0.2, 0.25) is 0 Å². The lowest BCUT2D eigenvalue weighted by Gasteiger charge is -2.16. The highest BCUT2D eigenvalue weighted by molar-refractivity contribution is 6.21. The van der Waals surface area contributed by atoms with Crippen LogP contribution in [0.15, 0.2) is 48.5 Å². The van der Waals surface area contributed by atoms with Crippen molar-refractivity contribution in [1.82, 2.24) is 0 Å². The van der Waals surface area contributed by atoms with Crippen molar-refractivity contribution in [2.45, 2.75) is 39.9 Å². The molecule has 23 heavy (non-hydrogen) atoms. The summed E-state index contributed by atoms with van der Waals surface area (Å²) in [6, 6.07) is 14.9. The van der Waals surface area contributed by atoms with Gasteiger partial charge in [0.05, 0.1) is 12.2 Å². The molecule has 0 bridgehead atoms. The summed E-state index contributed by atoms with van der Waals surface area (Å²) in [6.07, 6.45) is 0.140. The highest BCUT2D eigenvalue weighted by Crippen LogP contribution is 2.29. The van der Waals surface area contributed by atoms with Crippen LogP contribution in [0.4, 0.5) is 0 Å². The van der Waals surface area contributed by atoms with E-state index in [4.69, 9.17) is 18.8 Å². The third kappa shape index (κ3) is 5.44. The smallest absolute Gasteiger partial charge is 0.524 e. The van der Waals surface area contributed by atoms with Gasteiger partial charge in [-0.1, -0.05) is 24.3 Å². The summed E-state index contributed by atoms with van der Waals surface area (Å²) in [4.78, 5) is 0. The van der Waals surface area contributed by atoms with E-state index < -0.39 is 0 Å². The van der Waals surface area contributed by atoms with Crippen LogP contribution in [-0.4, -0.2) is 19.9 Å². The Kier molecular flexibility index (Phi) is 6.21. The van der Waals surface area contributed by atoms with Crippen molar-refractivity contribution in [3.05, 3.63) is 48.5 Å². The van der Waals surface area contributed by atoms with Crippen molar-refractivity contribution in [3.63, 3.8) is 0 Å². The van der Waals surface area contributed by atoms with Gasteiger partial charge in [0.15, 0.2) is 11.5 Å². The number of ether oxygens (including phenoxy) is 2. The van der Waals surface area contributed by atoms with Crippen molar-refractivity contribution in [1.29, 1.82) is 0 Å². The normalized spacial score (nSPS) is 10.5. The standard InChI is InChI=1S/C18H22BO4/c1-13(2)20-15-9-5-7-11-17(15)22-19-23-18-12-8-6-10-16(18)21-14(3)4/h5-14H,1-4H3. The molecule has 0 aliphatic carbocycles. The molecule has 0 amide bonds. The average molecular weight is 313 g/mol. The zero-order chi connectivity index (χ0) is 16.7. The number of benzene rings is 2. The molecule has 0 saturated heterocycles. The molecule has 0 heterocycles. The summed E-state index contributed by atoms with van der Waals surface area (Å²) in [5, 5.41) is 0. The highest BCUT2D eigenvalue weighted by Gasteiger charge is 2.11. The third-order valence-corrected chi connectivity index (χ3v) is 2.77. The van der Waals surface area contributed by atoms with E-state index in [1.54, 1.807) is 0 Å². The van der Waals surface area contributed by atoms with E-state index in [0.29, 0.717) is 23.0 Å². The second kappa shape index (κ2) is 8.37. The summed E-state index contributed by atoms with van der Waals surface area (Å²) in [5.74, 6) is 2.55. The summed E-state index contributed by atoms with van der Waals surface area (Å²) in [5.41, 5.74) is 0. The maximum atomic E-state index is 5.70. The zero-order valence-electron chi connectivity index (χ0n) is 14.0. The van der Waals surface area contributed by atoms with E-state index in [1.807, 2.05) is 76.2 Å². The molecule has 121 valence electrons. The molecule has 0 spiro atoms. The molecular formula is C18H22BO4. The van der Waals surface area contributed by atoms with Crippen molar-refractivity contribution in [2.24, 2.45) is 0 Å². The molecule has 0 atom stereocenters. The van der Waals surface area contributed by atoms with Gasteiger partial charge in [0.1, 0.15) is 11.5 Å². The Morgan fingerprint density at radius 2 is 0.957 bits per heavy atom. The van der Waals surface area contributed by atoms with Gasteiger partial charge in [-0.15, -0.1) is 0 Å². The monoisotopic (exact) mass is 313 g/mol. The molecule has 2 aromatic rings. The van der Waals surface area contributed by atoms with Crippen molar-refractivity contribution in [3.8, 4) is 23.0 Å². The second-order valence-electron chi connectivity index (χ2n) is 5.56. The predicted molar refractivity (Wildman–Crippen MR) is 91.4 cm³/mol. The molecule has 0 saturated carbocycles. The van der Waals surface area contributed by atoms with Crippen LogP contribution >= 0.6 is 0 Å². The first-order valence-electron chi connectivity index (χ1n) is 7.72. The molecule has 1 radical (unpaired) electrons. The third-order valence-electron chi connectivity index (χ3n) is 2.77. The van der Waals surface area contributed by atoms with Crippen LogP contribution in [0.1, 0.15) is 27.7 Å². The lowest BCUT2D eigenvalue weighted by molar-refractivity contribution is 0.232. The van der Waals surface area contributed by atoms with Crippen molar-refractivity contribution in [2.75, 3.05) is 0 Å². The Bertz CT molecular complexity index is 560. The van der Waals surface area contributed by atoms with Crippen LogP contribution in [-0.2, 0) is 0 Å². The van der Waals surface area contributed by atoms with Gasteiger partial charge >= 0.3 is 7.69 Å². The fourth-order valence-electron chi connectivity index (χ4n) is 1.93. The molecule has 0 aliphatic rings. The molecule has 4 nitrogen and oxygen atoms in total. The Morgan fingerprint density at radius 3 is 1.30 bits per heavy atom. The van der Waals surface area contributed by atoms with E-state index in [2.05, 4.69) is 0 Å². The fraction of sp³-hybridized carbons (Fsp3) is 0.333. The Hall–Kier alpha value is -2.30. The van der Waals surface area contributed by atoms with Crippen LogP contribution < -0.4 is 18.8 Å². The summed E-state index contributed by atoms with van der Waals surface area (Å²) >= 11 is 0. The van der Waals surface area contributed by atoms with Gasteiger partial charge in [0.25, 0.3) is 0 Å². The number of hydrogen-bond donors (Lipinski definition) is 0. The van der Waals surface area contributed by atoms with Crippen LogP contribution in [0.3, 0.4) is 0 Å². The Morgan fingerprint density at radius 1 is 0.609 bits per heavy atom. The number of rotatable bonds is 8. The van der Waals surface area contributed by atoms with Gasteiger partial charge in [-0.3, -0.25) is 0 Å². The molecule has 2 aromatic carbocycles. The minimum Gasteiger partial charge on any atom is -0.524 e. The van der Waals surface area contributed by atoms with Gasteiger partial charge in [-0.25, -0.2) is 0 Å². The van der Waals surface area contributed by atoms with Crippen LogP contribution in [0.5, 0.6) is 23.0 Å². The fourth-order valence-corrected chi connectivity index (χ4v) is 1.93. The van der Waals surface area contributed by atoms with Crippen LogP contribution in [0.25, 0.3) is 0 Å². The van der Waals surface area contributed by atoms with E-state index in [1.165, 1.54) is 7.69 Å². The summed E-state index contributed by atoms with van der Waals surface area (Å²) < 4.78 is 22.5. The van der Waals surface area contributed by atoms with E-state index in [0.717, 1.165) is 0 Å². The summed E-state index contributed by atoms with van der Waals surface area (Å²) in [6.45, 7) is 7.87. The minimum atomic E-state index is 0.0702. The molecule has 2 rings (SSSR count). The first kappa shape index (κ1) is 17.1. The van der Waals surface area contributed by atoms with Crippen molar-refractivity contribution < 1.29 is 18.8 Å². The molecule has 0 aliphatic heterocycles. The average Bonchev–Trinajstić information content (AvgIpc) is 2.49. The van der Waals surface area contributed by atoms with Gasteiger partial charge < -0.3 is 18.8 Å². The Labute approximate surface area is 138 Å². The highest BCUT2D eigenvalue weighted by atomic mass is 16.6. The lowest BCUT2D eigenvalue weighted by Crippen LogP contribution is -2.14. The molecule has 0 fully saturated rings. The van der Waals surface area contributed by atoms with Gasteiger partial charge in [0.2, 0.25) is 0 Å². The van der Waals surface area contributed by atoms with Gasteiger partial charge in [0, 0.05) is 0 Å². The van der Waals surface area contributed by atoms with E-state index in [-0.39, 0.29) is 12.2 Å². The predicted octanol–water partition coefficient (Wildman–Crippen LogP) is 4.25. The number of hydrogen-bond acceptors (Lipinski definition) is 4. The first-order chi connectivity index (χ1) is 11.1. The quantitative estimate of drug-likeness (QED) is 0.683. The minimum absolute atomic E-state index is 0.0702. The van der Waals surface area contributed by atoms with Crippen LogP contribution in [0, 0.1) is 0 Å². The van der Waals surface area contributed by atoms with Crippen molar-refractivity contribution >= 4 is 7.69 Å². The molecular weight excluding hydrogens is 291 g/mol. The topological polar surface area (TPSA) is 36.9 Å². The molecule has 0 unspecified atom stereocenters. The van der Waals surface area contributed by atoms with E-state index >= 15 is 0 Å². The SMILES string of the molecule is CC(C)Oc1ccccc1O[B]Oc1ccccc1OC(C)C. The van der Waals surface area contributed by atoms with Gasteiger partial charge in [-0.05, 0) is 52.0 Å². The summed E-state index contributed by atoms with van der Waals surface area (Å²) in [7, 11) is 1.28. The second-order valence-corrected chi connectivity index (χ2v) is 5.56. The molecule has 0 aromatic heterocycles. The number of para-hydroxylation sites is 4. The Balaban J connectivity index is 1.98. The lowest BCUT2D eigenvalue weighted by atomic mass is 10.2. The van der Waals surface area contributed by atoms with Gasteiger partial charge in [-0.2, -0.15) is 0 Å².